The minimum Gasteiger partial charge on any atom is -0.453 e. The van der Waals surface area contributed by atoms with Gasteiger partial charge in [-0.3, -0.25) is 4.79 Å². The highest BCUT2D eigenvalue weighted by Crippen LogP contribution is 2.52. The molecule has 2 aromatic carbocycles. The maximum Gasteiger partial charge on any atom is 0.407 e. The van der Waals surface area contributed by atoms with E-state index in [1.54, 1.807) is 35.4 Å². The zero-order valence-electron chi connectivity index (χ0n) is 22.7. The monoisotopic (exact) mass is 630 g/mol. The van der Waals surface area contributed by atoms with Gasteiger partial charge >= 0.3 is 6.09 Å². The van der Waals surface area contributed by atoms with Crippen LogP contribution in [-0.2, 0) is 24.9 Å². The number of likely N-dealkylation sites (tertiary alicyclic amines) is 1. The molecule has 0 saturated carbocycles. The lowest BCUT2D eigenvalue weighted by molar-refractivity contribution is -0.153. The highest BCUT2D eigenvalue weighted by molar-refractivity contribution is 9.10. The first-order valence-corrected chi connectivity index (χ1v) is 14.1. The minimum atomic E-state index is -3.15. The third-order valence-electron chi connectivity index (χ3n) is 7.97. The Labute approximate surface area is 243 Å². The first-order valence-electron chi connectivity index (χ1n) is 13.3. The van der Waals surface area contributed by atoms with Crippen LogP contribution in [0.3, 0.4) is 0 Å². The molecule has 3 heterocycles. The van der Waals surface area contributed by atoms with Crippen molar-refractivity contribution in [2.45, 2.75) is 44.1 Å². The number of amides is 2. The molecule has 0 bridgehead atoms. The Morgan fingerprint density at radius 3 is 2.51 bits per heavy atom. The Balaban J connectivity index is 1.32. The number of carbonyl (C=O) groups is 2. The lowest BCUT2D eigenvalue weighted by atomic mass is 10.0. The highest BCUT2D eigenvalue weighted by Gasteiger charge is 2.53. The summed E-state index contributed by atoms with van der Waals surface area (Å²) in [5, 5.41) is 2.63. The summed E-state index contributed by atoms with van der Waals surface area (Å²) in [5.41, 5.74) is 1.96. The number of H-pyrrole nitrogens is 1. The fraction of sp³-hybridized carbons (Fsp3) is 0.414. The van der Waals surface area contributed by atoms with E-state index in [0.717, 1.165) is 0 Å². The van der Waals surface area contributed by atoms with Crippen LogP contribution in [0.4, 0.5) is 13.6 Å². The fourth-order valence-electron chi connectivity index (χ4n) is 5.91. The topological polar surface area (TPSA) is 106 Å². The third-order valence-corrected chi connectivity index (χ3v) is 8.46. The van der Waals surface area contributed by atoms with E-state index in [9.17, 15) is 9.59 Å². The van der Waals surface area contributed by atoms with E-state index in [1.165, 1.54) is 19.2 Å². The van der Waals surface area contributed by atoms with E-state index in [1.807, 2.05) is 13.8 Å². The maximum atomic E-state index is 15.5. The van der Waals surface area contributed by atoms with Gasteiger partial charge in [0, 0.05) is 27.6 Å². The number of alkyl halides is 2. The molecule has 2 saturated heterocycles. The number of ether oxygens (including phenoxy) is 3. The number of aromatic nitrogens is 2. The number of benzene rings is 2. The molecule has 2 atom stereocenters. The standard InChI is InChI=1S/C29H29BrF2N4O5/c1-15(2)24(35-27(38)39-3)26(37)36-14-28(40-8-9-41-28)12-23(36)25-33-13-22(34-25)16-4-6-18-19-7-5-17(30)11-21(19)29(31,32)20(18)10-16/h4-7,10-11,13,15,23-24H,8-9,12,14H2,1-3H3,(H,33,34)(H,35,38)/t23-,24-/m0/s1. The largest absolute Gasteiger partial charge is 0.453 e. The molecular weight excluding hydrogens is 602 g/mol. The predicted molar refractivity (Wildman–Crippen MR) is 148 cm³/mol. The van der Waals surface area contributed by atoms with Gasteiger partial charge in [0.2, 0.25) is 5.91 Å². The van der Waals surface area contributed by atoms with Gasteiger partial charge < -0.3 is 29.4 Å². The Kier molecular flexibility index (Phi) is 6.90. The average Bonchev–Trinajstić information content (AvgIpc) is 3.74. The van der Waals surface area contributed by atoms with Crippen LogP contribution in [0.25, 0.3) is 22.4 Å². The molecule has 6 rings (SSSR count). The fourth-order valence-corrected chi connectivity index (χ4v) is 6.28. The smallest absolute Gasteiger partial charge is 0.407 e. The lowest BCUT2D eigenvalue weighted by Gasteiger charge is -2.30. The molecule has 41 heavy (non-hydrogen) atoms. The lowest BCUT2D eigenvalue weighted by Crippen LogP contribution is -2.52. The van der Waals surface area contributed by atoms with Gasteiger partial charge in [-0.2, -0.15) is 8.78 Å². The molecule has 2 aliphatic heterocycles. The van der Waals surface area contributed by atoms with Crippen molar-refractivity contribution in [3.63, 3.8) is 0 Å². The molecule has 216 valence electrons. The molecule has 0 unspecified atom stereocenters. The molecule has 2 N–H and O–H groups in total. The number of methoxy groups -OCH3 is 1. The molecule has 2 amide bonds. The Morgan fingerprint density at radius 2 is 1.83 bits per heavy atom. The van der Waals surface area contributed by atoms with Crippen molar-refractivity contribution in [2.75, 3.05) is 26.9 Å². The normalized spacial score (nSPS) is 20.8. The third kappa shape index (κ3) is 4.71. The first kappa shape index (κ1) is 27.8. The molecule has 2 fully saturated rings. The first-order chi connectivity index (χ1) is 19.5. The van der Waals surface area contributed by atoms with Crippen LogP contribution in [0, 0.1) is 5.92 Å². The Morgan fingerprint density at radius 1 is 1.15 bits per heavy atom. The number of imidazole rings is 1. The quantitative estimate of drug-likeness (QED) is 0.393. The number of alkyl carbamates (subject to hydrolysis) is 1. The van der Waals surface area contributed by atoms with Crippen molar-refractivity contribution in [3.05, 3.63) is 64.0 Å². The zero-order valence-corrected chi connectivity index (χ0v) is 24.3. The number of hydrogen-bond donors (Lipinski definition) is 2. The van der Waals surface area contributed by atoms with E-state index in [2.05, 4.69) is 31.2 Å². The molecule has 1 aliphatic carbocycles. The predicted octanol–water partition coefficient (Wildman–Crippen LogP) is 5.36. The van der Waals surface area contributed by atoms with Crippen molar-refractivity contribution >= 4 is 27.9 Å². The number of aromatic amines is 1. The van der Waals surface area contributed by atoms with Crippen LogP contribution in [-0.4, -0.2) is 65.6 Å². The maximum absolute atomic E-state index is 15.5. The van der Waals surface area contributed by atoms with Gasteiger partial charge in [-0.25, -0.2) is 9.78 Å². The second-order valence-corrected chi connectivity index (χ2v) is 11.8. The van der Waals surface area contributed by atoms with Crippen LogP contribution in [0.1, 0.15) is 43.3 Å². The zero-order chi connectivity index (χ0) is 29.1. The molecule has 1 aromatic heterocycles. The van der Waals surface area contributed by atoms with Crippen LogP contribution >= 0.6 is 15.9 Å². The molecular formula is C29H29BrF2N4O5. The summed E-state index contributed by atoms with van der Waals surface area (Å²) in [6.07, 6.45) is 1.19. The molecule has 0 radical (unpaired) electrons. The number of carbonyl (C=O) groups excluding carboxylic acids is 2. The Hall–Kier alpha value is -3.35. The van der Waals surface area contributed by atoms with Gasteiger partial charge in [-0.1, -0.05) is 48.0 Å². The highest BCUT2D eigenvalue weighted by atomic mass is 79.9. The summed E-state index contributed by atoms with van der Waals surface area (Å²) in [5.74, 6) is -4.23. The summed E-state index contributed by atoms with van der Waals surface area (Å²) < 4.78 is 48.1. The molecule has 1 spiro atoms. The van der Waals surface area contributed by atoms with E-state index >= 15 is 8.78 Å². The van der Waals surface area contributed by atoms with E-state index in [4.69, 9.17) is 14.2 Å². The summed E-state index contributed by atoms with van der Waals surface area (Å²) >= 11 is 3.30. The molecule has 12 heteroatoms. The van der Waals surface area contributed by atoms with Gasteiger partial charge in [0.25, 0.3) is 5.92 Å². The number of nitrogens with zero attached hydrogens (tertiary/aromatic N) is 2. The van der Waals surface area contributed by atoms with Gasteiger partial charge in [0.15, 0.2) is 5.79 Å². The average molecular weight is 631 g/mol. The van der Waals surface area contributed by atoms with Crippen LogP contribution < -0.4 is 5.32 Å². The minimum absolute atomic E-state index is 0.0356. The number of fused-ring (bicyclic) bond motifs is 3. The SMILES string of the molecule is COC(=O)N[C@H](C(=O)N1CC2(C[C@H]1c1ncc(-c3ccc4c(c3)C(F)(F)c3cc(Br)ccc3-4)[nH]1)OCCO2)C(C)C. The van der Waals surface area contributed by atoms with E-state index < -0.39 is 29.9 Å². The number of rotatable bonds is 5. The second-order valence-electron chi connectivity index (χ2n) is 10.9. The van der Waals surface area contributed by atoms with Crippen LogP contribution in [0.15, 0.2) is 47.1 Å². The van der Waals surface area contributed by atoms with Crippen molar-refractivity contribution < 1.29 is 32.6 Å². The second kappa shape index (κ2) is 10.2. The van der Waals surface area contributed by atoms with Crippen LogP contribution in [0.2, 0.25) is 0 Å². The van der Waals surface area contributed by atoms with Crippen molar-refractivity contribution in [3.8, 4) is 22.4 Å². The van der Waals surface area contributed by atoms with E-state index in [-0.39, 0.29) is 29.5 Å². The summed E-state index contributed by atoms with van der Waals surface area (Å²) in [6, 6.07) is 8.45. The summed E-state index contributed by atoms with van der Waals surface area (Å²) in [7, 11) is 1.24. The summed E-state index contributed by atoms with van der Waals surface area (Å²) in [4.78, 5) is 35.2. The van der Waals surface area contributed by atoms with Crippen molar-refractivity contribution in [2.24, 2.45) is 5.92 Å². The molecule has 3 aromatic rings. The van der Waals surface area contributed by atoms with Crippen molar-refractivity contribution in [1.29, 1.82) is 0 Å². The number of halogens is 3. The van der Waals surface area contributed by atoms with Crippen molar-refractivity contribution in [1.82, 2.24) is 20.2 Å². The number of hydrogen-bond acceptors (Lipinski definition) is 6. The van der Waals surface area contributed by atoms with Gasteiger partial charge in [-0.15, -0.1) is 0 Å². The molecule has 9 nitrogen and oxygen atoms in total. The van der Waals surface area contributed by atoms with Gasteiger partial charge in [0.1, 0.15) is 11.9 Å². The van der Waals surface area contributed by atoms with Crippen LogP contribution in [0.5, 0.6) is 0 Å². The number of nitrogens with one attached hydrogen (secondary N) is 2. The summed E-state index contributed by atoms with van der Waals surface area (Å²) in [6.45, 7) is 4.60. The van der Waals surface area contributed by atoms with Gasteiger partial charge in [0.05, 0.1) is 44.8 Å². The molecule has 3 aliphatic rings. The Bertz CT molecular complexity index is 1520. The van der Waals surface area contributed by atoms with Gasteiger partial charge in [-0.05, 0) is 35.2 Å². The van der Waals surface area contributed by atoms with E-state index in [0.29, 0.717) is 52.3 Å².